The Hall–Kier alpha value is -3.55. The van der Waals surface area contributed by atoms with Crippen LogP contribution in [-0.4, -0.2) is 28.7 Å². The maximum atomic E-state index is 12.4. The molecule has 8 nitrogen and oxygen atoms in total. The molecule has 0 unspecified atom stereocenters. The van der Waals surface area contributed by atoms with E-state index >= 15 is 0 Å². The van der Waals surface area contributed by atoms with Gasteiger partial charge in [-0.1, -0.05) is 0 Å². The zero-order chi connectivity index (χ0) is 20.1. The minimum absolute atomic E-state index is 0.102. The molecule has 0 aliphatic rings. The molecule has 0 fully saturated rings. The molecule has 0 radical (unpaired) electrons. The molecule has 0 aliphatic carbocycles. The average molecular weight is 370 g/mol. The van der Waals surface area contributed by atoms with Crippen molar-refractivity contribution in [1.29, 1.82) is 0 Å². The van der Waals surface area contributed by atoms with Crippen molar-refractivity contribution in [3.8, 4) is 0 Å². The normalized spacial score (nSPS) is 11.4. The van der Waals surface area contributed by atoms with Crippen LogP contribution in [0.15, 0.2) is 42.5 Å². The number of rotatable bonds is 6. The first-order chi connectivity index (χ1) is 12.7. The summed E-state index contributed by atoms with van der Waals surface area (Å²) in [6.45, 7) is 4.33. The fourth-order valence-electron chi connectivity index (χ4n) is 2.43. The quantitative estimate of drug-likeness (QED) is 0.361. The number of ether oxygens (including phenoxy) is 1. The van der Waals surface area contributed by atoms with E-state index in [-0.39, 0.29) is 17.2 Å². The lowest BCUT2D eigenvalue weighted by Gasteiger charge is -2.13. The summed E-state index contributed by atoms with van der Waals surface area (Å²) in [4.78, 5) is 45.9. The van der Waals surface area contributed by atoms with Crippen molar-refractivity contribution in [2.24, 2.45) is 0 Å². The molecule has 8 heteroatoms. The monoisotopic (exact) mass is 370 g/mol. The molecule has 1 N–H and O–H groups in total. The molecule has 0 heterocycles. The van der Waals surface area contributed by atoms with Gasteiger partial charge in [-0.2, -0.15) is 0 Å². The number of carbonyl (C=O) groups is 3. The Bertz CT molecular complexity index is 905. The second-order valence-corrected chi connectivity index (χ2v) is 5.93. The molecule has 0 bridgehead atoms. The van der Waals surface area contributed by atoms with E-state index in [1.807, 2.05) is 0 Å². The van der Waals surface area contributed by atoms with E-state index in [4.69, 9.17) is 4.74 Å². The second-order valence-electron chi connectivity index (χ2n) is 5.93. The zero-order valence-electron chi connectivity index (χ0n) is 15.0. The van der Waals surface area contributed by atoms with Crippen molar-refractivity contribution in [2.75, 3.05) is 5.32 Å². The lowest BCUT2D eigenvalue weighted by Crippen LogP contribution is -2.24. The van der Waals surface area contributed by atoms with Crippen molar-refractivity contribution >= 4 is 29.0 Å². The number of hydrogen-bond donors (Lipinski definition) is 1. The molecule has 0 aromatic heterocycles. The highest BCUT2D eigenvalue weighted by Gasteiger charge is 2.22. The number of aryl methyl sites for hydroxylation is 1. The number of benzene rings is 2. The standard InChI is InChI=1S/C19H18N2O6/c1-11-10-15(6-9-17(11)21(25)26)19(24)27-12(2)18(23)14-4-7-16(8-5-14)20-13(3)22/h4-10,12H,1-3H3,(H,20,22)/t12-/m0/s1. The average Bonchev–Trinajstić information content (AvgIpc) is 2.60. The maximum absolute atomic E-state index is 12.4. The third-order valence-corrected chi connectivity index (χ3v) is 3.77. The molecule has 0 aliphatic heterocycles. The number of nitro benzene ring substituents is 1. The van der Waals surface area contributed by atoms with Crippen LogP contribution in [0, 0.1) is 17.0 Å². The number of hydrogen-bond acceptors (Lipinski definition) is 6. The van der Waals surface area contributed by atoms with Gasteiger partial charge in [0.15, 0.2) is 6.10 Å². The highest BCUT2D eigenvalue weighted by molar-refractivity contribution is 6.02. The van der Waals surface area contributed by atoms with Gasteiger partial charge in [-0.25, -0.2) is 4.79 Å². The van der Waals surface area contributed by atoms with E-state index in [0.717, 1.165) is 0 Å². The molecular weight excluding hydrogens is 352 g/mol. The van der Waals surface area contributed by atoms with Crippen LogP contribution in [0.5, 0.6) is 0 Å². The minimum Gasteiger partial charge on any atom is -0.451 e. The van der Waals surface area contributed by atoms with Crippen molar-refractivity contribution in [3.63, 3.8) is 0 Å². The Morgan fingerprint density at radius 3 is 2.19 bits per heavy atom. The van der Waals surface area contributed by atoms with Gasteiger partial charge < -0.3 is 10.1 Å². The Labute approximate surface area is 155 Å². The van der Waals surface area contributed by atoms with Crippen molar-refractivity contribution in [2.45, 2.75) is 26.9 Å². The van der Waals surface area contributed by atoms with E-state index in [2.05, 4.69) is 5.32 Å². The fraction of sp³-hybridized carbons (Fsp3) is 0.211. The van der Waals surface area contributed by atoms with Crippen LogP contribution in [0.2, 0.25) is 0 Å². The molecule has 2 aromatic carbocycles. The number of esters is 1. The lowest BCUT2D eigenvalue weighted by molar-refractivity contribution is -0.385. The van der Waals surface area contributed by atoms with Gasteiger partial charge >= 0.3 is 5.97 Å². The van der Waals surface area contributed by atoms with Crippen molar-refractivity contribution in [1.82, 2.24) is 0 Å². The topological polar surface area (TPSA) is 116 Å². The minimum atomic E-state index is -1.04. The molecule has 0 saturated carbocycles. The third-order valence-electron chi connectivity index (χ3n) is 3.77. The summed E-state index contributed by atoms with van der Waals surface area (Å²) < 4.78 is 5.17. The Morgan fingerprint density at radius 1 is 1.07 bits per heavy atom. The van der Waals surface area contributed by atoms with Gasteiger partial charge in [-0.15, -0.1) is 0 Å². The van der Waals surface area contributed by atoms with Crippen LogP contribution in [0.4, 0.5) is 11.4 Å². The highest BCUT2D eigenvalue weighted by Crippen LogP contribution is 2.20. The van der Waals surface area contributed by atoms with Gasteiger partial charge in [-0.05, 0) is 50.2 Å². The molecule has 27 heavy (non-hydrogen) atoms. The number of nitro groups is 1. The molecular formula is C19H18N2O6. The summed E-state index contributed by atoms with van der Waals surface area (Å²) in [7, 11) is 0. The smallest absolute Gasteiger partial charge is 0.338 e. The van der Waals surface area contributed by atoms with Gasteiger partial charge in [0.05, 0.1) is 10.5 Å². The van der Waals surface area contributed by atoms with Crippen LogP contribution in [0.3, 0.4) is 0 Å². The van der Waals surface area contributed by atoms with Crippen molar-refractivity contribution in [3.05, 3.63) is 69.3 Å². The number of nitrogens with zero attached hydrogens (tertiary/aromatic N) is 1. The summed E-state index contributed by atoms with van der Waals surface area (Å²) in [5.74, 6) is -1.38. The van der Waals surface area contributed by atoms with Gasteiger partial charge in [-0.3, -0.25) is 19.7 Å². The predicted molar refractivity (Wildman–Crippen MR) is 97.8 cm³/mol. The first-order valence-corrected chi connectivity index (χ1v) is 8.07. The molecule has 0 spiro atoms. The van der Waals surface area contributed by atoms with Crippen LogP contribution >= 0.6 is 0 Å². The Morgan fingerprint density at radius 2 is 1.67 bits per heavy atom. The first kappa shape index (κ1) is 19.8. The van der Waals surface area contributed by atoms with Gasteiger partial charge in [0.1, 0.15) is 0 Å². The van der Waals surface area contributed by atoms with E-state index in [9.17, 15) is 24.5 Å². The lowest BCUT2D eigenvalue weighted by atomic mass is 10.1. The maximum Gasteiger partial charge on any atom is 0.338 e. The zero-order valence-corrected chi connectivity index (χ0v) is 15.0. The predicted octanol–water partition coefficient (Wildman–Crippen LogP) is 3.29. The van der Waals surface area contributed by atoms with E-state index in [0.29, 0.717) is 16.8 Å². The molecule has 2 aromatic rings. The number of nitrogens with one attached hydrogen (secondary N) is 1. The fourth-order valence-corrected chi connectivity index (χ4v) is 2.43. The summed E-state index contributed by atoms with van der Waals surface area (Å²) in [5, 5.41) is 13.4. The van der Waals surface area contributed by atoms with E-state index in [1.54, 1.807) is 12.1 Å². The number of anilines is 1. The van der Waals surface area contributed by atoms with Gasteiger partial charge in [0.2, 0.25) is 11.7 Å². The molecule has 1 amide bonds. The SMILES string of the molecule is CC(=O)Nc1ccc(C(=O)[C@H](C)OC(=O)c2ccc([N+](=O)[O-])c(C)c2)cc1. The van der Waals surface area contributed by atoms with Crippen LogP contribution in [0.25, 0.3) is 0 Å². The summed E-state index contributed by atoms with van der Waals surface area (Å²) in [5.41, 5.74) is 1.21. The summed E-state index contributed by atoms with van der Waals surface area (Å²) in [6, 6.07) is 10.0. The molecule has 0 saturated heterocycles. The first-order valence-electron chi connectivity index (χ1n) is 8.07. The molecule has 140 valence electrons. The largest absolute Gasteiger partial charge is 0.451 e. The van der Waals surface area contributed by atoms with Crippen LogP contribution in [0.1, 0.15) is 40.1 Å². The van der Waals surface area contributed by atoms with E-state index < -0.39 is 22.8 Å². The Kier molecular flexibility index (Phi) is 6.02. The summed E-state index contributed by atoms with van der Waals surface area (Å²) >= 11 is 0. The highest BCUT2D eigenvalue weighted by atomic mass is 16.6. The van der Waals surface area contributed by atoms with Gasteiger partial charge in [0.25, 0.3) is 5.69 Å². The third kappa shape index (κ3) is 4.97. The van der Waals surface area contributed by atoms with Gasteiger partial charge in [0, 0.05) is 29.8 Å². The van der Waals surface area contributed by atoms with E-state index in [1.165, 1.54) is 51.1 Å². The Balaban J connectivity index is 2.07. The van der Waals surface area contributed by atoms with Crippen molar-refractivity contribution < 1.29 is 24.0 Å². The number of amides is 1. The van der Waals surface area contributed by atoms with Crippen LogP contribution < -0.4 is 5.32 Å². The summed E-state index contributed by atoms with van der Waals surface area (Å²) in [6.07, 6.45) is -1.04. The number of ketones is 1. The number of carbonyl (C=O) groups excluding carboxylic acids is 3. The second kappa shape index (κ2) is 8.22. The van der Waals surface area contributed by atoms with Crippen LogP contribution in [-0.2, 0) is 9.53 Å². The number of Topliss-reactive ketones (excluding diaryl/α,β-unsaturated/α-hetero) is 1. The molecule has 2 rings (SSSR count). The molecule has 1 atom stereocenters.